The number of nitrogens with one attached hydrogen (secondary N) is 1. The van der Waals surface area contributed by atoms with E-state index < -0.39 is 0 Å². The number of rotatable bonds is 8. The number of methoxy groups -OCH3 is 1. The molecule has 3 aromatic rings. The van der Waals surface area contributed by atoms with Gasteiger partial charge in [-0.1, -0.05) is 19.1 Å². The van der Waals surface area contributed by atoms with Crippen molar-refractivity contribution in [2.24, 2.45) is 0 Å². The third-order valence-electron chi connectivity index (χ3n) is 6.27. The normalized spacial score (nSPS) is 13.6. The number of carbonyl (C=O) groups is 2. The van der Waals surface area contributed by atoms with Crippen molar-refractivity contribution in [3.8, 4) is 11.8 Å². The molecule has 0 saturated heterocycles. The second-order valence-electron chi connectivity index (χ2n) is 8.82. The number of anilines is 1. The van der Waals surface area contributed by atoms with E-state index >= 15 is 0 Å². The van der Waals surface area contributed by atoms with Gasteiger partial charge >= 0.3 is 0 Å². The highest BCUT2D eigenvalue weighted by atomic mass is 32.1. The van der Waals surface area contributed by atoms with Crippen LogP contribution in [0.25, 0.3) is 0 Å². The maximum atomic E-state index is 12.8. The Hall–Kier alpha value is -3.64. The van der Waals surface area contributed by atoms with E-state index in [4.69, 9.17) is 4.74 Å². The topological polar surface area (TPSA) is 100 Å². The maximum absolute atomic E-state index is 12.8. The molecule has 3 heterocycles. The van der Waals surface area contributed by atoms with Crippen LogP contribution in [0.3, 0.4) is 0 Å². The smallest absolute Gasteiger partial charge is 0.225 e. The Balaban J connectivity index is 1.39. The summed E-state index contributed by atoms with van der Waals surface area (Å²) in [6.45, 7) is 5.54. The minimum absolute atomic E-state index is 0.00220. The molecule has 2 aromatic heterocycles. The first kappa shape index (κ1) is 24.5. The summed E-state index contributed by atoms with van der Waals surface area (Å²) in [6.07, 6.45) is 4.96. The molecule has 0 aliphatic carbocycles. The molecule has 1 atom stereocenters. The quantitative estimate of drug-likeness (QED) is 0.508. The average Bonchev–Trinajstić information content (AvgIpc) is 3.43. The highest BCUT2D eigenvalue weighted by Gasteiger charge is 2.27. The van der Waals surface area contributed by atoms with Crippen molar-refractivity contribution in [2.75, 3.05) is 19.0 Å². The number of fused-ring (bicyclic) bond motifs is 1. The first-order valence-corrected chi connectivity index (χ1v) is 12.4. The number of thiophene rings is 1. The number of nitriles is 1. The van der Waals surface area contributed by atoms with Crippen molar-refractivity contribution in [1.82, 2.24) is 14.5 Å². The van der Waals surface area contributed by atoms with E-state index in [1.54, 1.807) is 13.4 Å². The first-order valence-electron chi connectivity index (χ1n) is 11.6. The van der Waals surface area contributed by atoms with Gasteiger partial charge in [-0.3, -0.25) is 9.59 Å². The molecule has 1 aliphatic rings. The zero-order chi connectivity index (χ0) is 24.9. The largest absolute Gasteiger partial charge is 0.497 e. The molecule has 1 aliphatic heterocycles. The van der Waals surface area contributed by atoms with E-state index in [1.807, 2.05) is 53.8 Å². The summed E-state index contributed by atoms with van der Waals surface area (Å²) in [4.78, 5) is 32.6. The van der Waals surface area contributed by atoms with Crippen LogP contribution in [0.4, 0.5) is 5.00 Å². The van der Waals surface area contributed by atoms with Crippen molar-refractivity contribution in [2.45, 2.75) is 52.1 Å². The fourth-order valence-corrected chi connectivity index (χ4v) is 5.55. The summed E-state index contributed by atoms with van der Waals surface area (Å²) >= 11 is 1.40. The van der Waals surface area contributed by atoms with Crippen molar-refractivity contribution < 1.29 is 14.3 Å². The number of aromatic nitrogens is 2. The van der Waals surface area contributed by atoms with Gasteiger partial charge in [0.05, 0.1) is 31.2 Å². The Morgan fingerprint density at radius 2 is 2.20 bits per heavy atom. The number of imidazole rings is 1. The molecule has 0 radical (unpaired) electrons. The zero-order valence-electron chi connectivity index (χ0n) is 20.2. The molecular weight excluding hydrogens is 462 g/mol. The third kappa shape index (κ3) is 5.72. The number of carbonyl (C=O) groups excluding carboxylic acids is 2. The molecule has 8 nitrogen and oxygen atoms in total. The second kappa shape index (κ2) is 10.7. The summed E-state index contributed by atoms with van der Waals surface area (Å²) < 4.78 is 7.20. The van der Waals surface area contributed by atoms with E-state index in [2.05, 4.69) is 16.4 Å². The predicted octanol–water partition coefficient (Wildman–Crippen LogP) is 4.24. The summed E-state index contributed by atoms with van der Waals surface area (Å²) in [7, 11) is 1.62. The van der Waals surface area contributed by atoms with Gasteiger partial charge in [0, 0.05) is 37.0 Å². The minimum atomic E-state index is -0.140. The van der Waals surface area contributed by atoms with E-state index in [1.165, 1.54) is 11.3 Å². The minimum Gasteiger partial charge on any atom is -0.497 e. The van der Waals surface area contributed by atoms with Crippen LogP contribution in [-0.4, -0.2) is 39.9 Å². The Morgan fingerprint density at radius 1 is 1.37 bits per heavy atom. The number of amides is 2. The molecule has 182 valence electrons. The number of nitrogens with zero attached hydrogens (tertiary/aromatic N) is 4. The fraction of sp³-hybridized carbons (Fsp3) is 0.385. The molecule has 0 unspecified atom stereocenters. The average molecular weight is 492 g/mol. The number of hydrogen-bond donors (Lipinski definition) is 1. The van der Waals surface area contributed by atoms with Crippen molar-refractivity contribution in [1.29, 1.82) is 5.26 Å². The van der Waals surface area contributed by atoms with Gasteiger partial charge in [0.25, 0.3) is 0 Å². The monoisotopic (exact) mass is 491 g/mol. The van der Waals surface area contributed by atoms with Gasteiger partial charge in [-0.25, -0.2) is 4.98 Å². The lowest BCUT2D eigenvalue weighted by molar-refractivity contribution is -0.132. The van der Waals surface area contributed by atoms with Gasteiger partial charge in [0.2, 0.25) is 11.8 Å². The first-order chi connectivity index (χ1) is 16.9. The van der Waals surface area contributed by atoms with E-state index in [-0.39, 0.29) is 17.7 Å². The molecule has 0 saturated carbocycles. The van der Waals surface area contributed by atoms with Crippen molar-refractivity contribution >= 4 is 28.2 Å². The van der Waals surface area contributed by atoms with Crippen LogP contribution < -0.4 is 10.1 Å². The lowest BCUT2D eigenvalue weighted by Crippen LogP contribution is -2.35. The molecule has 0 fully saturated rings. The van der Waals surface area contributed by atoms with E-state index in [0.29, 0.717) is 49.5 Å². The Morgan fingerprint density at radius 3 is 2.91 bits per heavy atom. The van der Waals surface area contributed by atoms with Gasteiger partial charge in [-0.2, -0.15) is 5.26 Å². The van der Waals surface area contributed by atoms with Gasteiger partial charge in [-0.15, -0.1) is 11.3 Å². The standard InChI is InChI=1S/C26H29N5O3S/c1-17(19-5-4-6-20(12-19)34-3)11-24(32)29-26-22(13-27)21-7-10-31(15-23(21)35-26)25(33)8-9-30-14-18(2)28-16-30/h4-6,12,14,16-17H,7-11,15H2,1-3H3,(H,29,32)/t17-/m0/s1. The Kier molecular flexibility index (Phi) is 7.51. The molecule has 9 heteroatoms. The van der Waals surface area contributed by atoms with Crippen LogP contribution in [0.15, 0.2) is 36.8 Å². The number of hydrogen-bond acceptors (Lipinski definition) is 6. The van der Waals surface area contributed by atoms with Crippen LogP contribution in [-0.2, 0) is 29.1 Å². The van der Waals surface area contributed by atoms with E-state index in [0.717, 1.165) is 27.4 Å². The van der Waals surface area contributed by atoms with E-state index in [9.17, 15) is 14.9 Å². The predicted molar refractivity (Wildman–Crippen MR) is 134 cm³/mol. The Labute approximate surface area is 209 Å². The lowest BCUT2D eigenvalue weighted by Gasteiger charge is -2.27. The highest BCUT2D eigenvalue weighted by Crippen LogP contribution is 2.37. The van der Waals surface area contributed by atoms with Crippen LogP contribution in [0.2, 0.25) is 0 Å². The summed E-state index contributed by atoms with van der Waals surface area (Å²) in [5.41, 5.74) is 3.41. The van der Waals surface area contributed by atoms with Crippen LogP contribution in [0.1, 0.15) is 52.9 Å². The maximum Gasteiger partial charge on any atom is 0.225 e. The summed E-state index contributed by atoms with van der Waals surface area (Å²) in [5, 5.41) is 13.3. The van der Waals surface area contributed by atoms with Gasteiger partial charge < -0.3 is 19.5 Å². The second-order valence-corrected chi connectivity index (χ2v) is 9.92. The molecule has 4 rings (SSSR count). The van der Waals surface area contributed by atoms with Crippen LogP contribution in [0.5, 0.6) is 5.75 Å². The summed E-state index contributed by atoms with van der Waals surface area (Å²) in [6, 6.07) is 9.96. The SMILES string of the molecule is COc1cccc([C@@H](C)CC(=O)Nc2sc3c(c2C#N)CCN(C(=O)CCn2cnc(C)c2)C3)c1. The molecule has 1 aromatic carbocycles. The zero-order valence-corrected chi connectivity index (χ0v) is 21.0. The van der Waals surface area contributed by atoms with Crippen molar-refractivity contribution in [3.63, 3.8) is 0 Å². The van der Waals surface area contributed by atoms with Crippen LogP contribution >= 0.6 is 11.3 Å². The lowest BCUT2D eigenvalue weighted by atomic mass is 9.97. The molecule has 1 N–H and O–H groups in total. The Bertz CT molecular complexity index is 1270. The third-order valence-corrected chi connectivity index (χ3v) is 7.41. The number of benzene rings is 1. The molecule has 0 bridgehead atoms. The highest BCUT2D eigenvalue weighted by molar-refractivity contribution is 7.16. The number of ether oxygens (including phenoxy) is 1. The molecule has 0 spiro atoms. The van der Waals surface area contributed by atoms with Crippen LogP contribution in [0, 0.1) is 18.3 Å². The fourth-order valence-electron chi connectivity index (χ4n) is 4.32. The van der Waals surface area contributed by atoms with Crippen molar-refractivity contribution in [3.05, 3.63) is 64.1 Å². The van der Waals surface area contributed by atoms with Gasteiger partial charge in [-0.05, 0) is 42.5 Å². The van der Waals surface area contributed by atoms with Gasteiger partial charge in [0.15, 0.2) is 0 Å². The summed E-state index contributed by atoms with van der Waals surface area (Å²) in [5.74, 6) is 0.690. The molecule has 35 heavy (non-hydrogen) atoms. The number of aryl methyl sites for hydroxylation is 2. The molecular formula is C26H29N5O3S. The molecule has 2 amide bonds. The van der Waals surface area contributed by atoms with Gasteiger partial charge in [0.1, 0.15) is 16.8 Å².